The van der Waals surface area contributed by atoms with Crippen molar-refractivity contribution in [1.29, 1.82) is 0 Å². The molecule has 0 aliphatic heterocycles. The van der Waals surface area contributed by atoms with Crippen molar-refractivity contribution >= 4 is 11.8 Å². The summed E-state index contributed by atoms with van der Waals surface area (Å²) in [5, 5.41) is 0. The first-order valence-electron chi connectivity index (χ1n) is 7.18. The molecule has 0 unspecified atom stereocenters. The van der Waals surface area contributed by atoms with Crippen LogP contribution in [0, 0.1) is 5.92 Å². The first-order chi connectivity index (χ1) is 9.11. The lowest BCUT2D eigenvalue weighted by Gasteiger charge is -2.27. The number of hydrogen-bond donors (Lipinski definition) is 0. The highest BCUT2D eigenvalue weighted by Crippen LogP contribution is 2.35. The average Bonchev–Trinajstić information content (AvgIpc) is 2.84. The molecule has 0 bridgehead atoms. The zero-order valence-corrected chi connectivity index (χ0v) is 11.8. The Morgan fingerprint density at radius 1 is 1.42 bits per heavy atom. The minimum Gasteiger partial charge on any atom is -0.463 e. The van der Waals surface area contributed by atoms with E-state index in [4.69, 9.17) is 4.74 Å². The highest BCUT2D eigenvalue weighted by Gasteiger charge is 2.31. The van der Waals surface area contributed by atoms with Crippen LogP contribution in [0.5, 0.6) is 0 Å². The van der Waals surface area contributed by atoms with Crippen LogP contribution in [-0.4, -0.2) is 18.4 Å². The Morgan fingerprint density at radius 2 is 2.16 bits per heavy atom. The van der Waals surface area contributed by atoms with E-state index in [1.807, 2.05) is 13.8 Å². The summed E-state index contributed by atoms with van der Waals surface area (Å²) in [4.78, 5) is 23.2. The second kappa shape index (κ2) is 6.18. The van der Waals surface area contributed by atoms with E-state index in [0.717, 1.165) is 24.0 Å². The van der Waals surface area contributed by atoms with Gasteiger partial charge in [-0.3, -0.25) is 4.79 Å². The van der Waals surface area contributed by atoms with E-state index in [-0.39, 0.29) is 11.9 Å². The number of ketones is 1. The number of hydrogen-bond acceptors (Lipinski definition) is 3. The fourth-order valence-corrected chi connectivity index (χ4v) is 2.76. The van der Waals surface area contributed by atoms with Gasteiger partial charge in [0.1, 0.15) is 5.78 Å². The van der Waals surface area contributed by atoms with Crippen LogP contribution in [0.3, 0.4) is 0 Å². The molecule has 0 spiro atoms. The van der Waals surface area contributed by atoms with Crippen molar-refractivity contribution in [2.24, 2.45) is 5.92 Å². The van der Waals surface area contributed by atoms with Gasteiger partial charge in [-0.05, 0) is 39.0 Å². The Labute approximate surface area is 114 Å². The van der Waals surface area contributed by atoms with Gasteiger partial charge >= 0.3 is 5.97 Å². The third kappa shape index (κ3) is 3.34. The van der Waals surface area contributed by atoms with Gasteiger partial charge in [0.05, 0.1) is 6.61 Å². The SMILES string of the molecule is CCOC(=O)/C(CC1=CCCC1)=C(\C)C1CC(=O)C1. The molecule has 104 valence electrons. The number of rotatable bonds is 5. The number of carbonyl (C=O) groups is 2. The first-order valence-corrected chi connectivity index (χ1v) is 7.18. The van der Waals surface area contributed by atoms with Crippen molar-refractivity contribution in [2.75, 3.05) is 6.61 Å². The molecule has 0 heterocycles. The van der Waals surface area contributed by atoms with Gasteiger partial charge in [0.25, 0.3) is 0 Å². The van der Waals surface area contributed by atoms with Crippen LogP contribution in [0.25, 0.3) is 0 Å². The fraction of sp³-hybridized carbons (Fsp3) is 0.625. The molecule has 3 heteroatoms. The Hall–Kier alpha value is -1.38. The largest absolute Gasteiger partial charge is 0.463 e. The molecule has 0 aromatic carbocycles. The molecule has 0 N–H and O–H groups in total. The molecular weight excluding hydrogens is 240 g/mol. The molecule has 0 amide bonds. The van der Waals surface area contributed by atoms with Gasteiger partial charge in [-0.2, -0.15) is 0 Å². The van der Waals surface area contributed by atoms with Crippen LogP contribution < -0.4 is 0 Å². The molecule has 0 aromatic rings. The molecular formula is C16H22O3. The third-order valence-corrected chi connectivity index (χ3v) is 4.10. The zero-order chi connectivity index (χ0) is 13.8. The van der Waals surface area contributed by atoms with Crippen molar-refractivity contribution in [1.82, 2.24) is 0 Å². The topological polar surface area (TPSA) is 43.4 Å². The lowest BCUT2D eigenvalue weighted by molar-refractivity contribution is -0.139. The highest BCUT2D eigenvalue weighted by molar-refractivity contribution is 5.91. The number of allylic oxidation sites excluding steroid dienone is 3. The van der Waals surface area contributed by atoms with Crippen molar-refractivity contribution in [3.05, 3.63) is 22.8 Å². The third-order valence-electron chi connectivity index (χ3n) is 4.10. The van der Waals surface area contributed by atoms with E-state index < -0.39 is 0 Å². The molecule has 0 radical (unpaired) electrons. The van der Waals surface area contributed by atoms with Gasteiger partial charge in [-0.1, -0.05) is 17.2 Å². The number of carbonyl (C=O) groups excluding carboxylic acids is 2. The summed E-state index contributed by atoms with van der Waals surface area (Å²) in [6, 6.07) is 0. The number of Topliss-reactive ketones (excluding diaryl/α,β-unsaturated/α-hetero) is 1. The molecule has 0 saturated heterocycles. The summed E-state index contributed by atoms with van der Waals surface area (Å²) in [5.41, 5.74) is 3.19. The highest BCUT2D eigenvalue weighted by atomic mass is 16.5. The van der Waals surface area contributed by atoms with Crippen LogP contribution in [0.15, 0.2) is 22.8 Å². The fourth-order valence-electron chi connectivity index (χ4n) is 2.76. The predicted octanol–water partition coefficient (Wildman–Crippen LogP) is 3.35. The van der Waals surface area contributed by atoms with Crippen molar-refractivity contribution < 1.29 is 14.3 Å². The van der Waals surface area contributed by atoms with Crippen molar-refractivity contribution in [3.63, 3.8) is 0 Å². The maximum Gasteiger partial charge on any atom is 0.334 e. The van der Waals surface area contributed by atoms with Crippen molar-refractivity contribution in [2.45, 2.75) is 52.4 Å². The smallest absolute Gasteiger partial charge is 0.334 e. The molecule has 1 fully saturated rings. The van der Waals surface area contributed by atoms with Crippen LogP contribution in [0.2, 0.25) is 0 Å². The van der Waals surface area contributed by atoms with Gasteiger partial charge in [0.2, 0.25) is 0 Å². The quantitative estimate of drug-likeness (QED) is 0.433. The minimum atomic E-state index is -0.202. The molecule has 2 aliphatic carbocycles. The zero-order valence-electron chi connectivity index (χ0n) is 11.8. The first kappa shape index (κ1) is 14.0. The number of esters is 1. The van der Waals surface area contributed by atoms with E-state index in [1.165, 1.54) is 12.0 Å². The van der Waals surface area contributed by atoms with Gasteiger partial charge in [-0.25, -0.2) is 4.79 Å². The molecule has 3 nitrogen and oxygen atoms in total. The number of ether oxygens (including phenoxy) is 1. The Kier molecular flexibility index (Phi) is 4.56. The maximum atomic E-state index is 12.1. The minimum absolute atomic E-state index is 0.202. The summed E-state index contributed by atoms with van der Waals surface area (Å²) in [7, 11) is 0. The van der Waals surface area contributed by atoms with E-state index >= 15 is 0 Å². The van der Waals surface area contributed by atoms with Crippen LogP contribution in [0.4, 0.5) is 0 Å². The molecule has 2 aliphatic rings. The lowest BCUT2D eigenvalue weighted by atomic mass is 9.76. The van der Waals surface area contributed by atoms with Gasteiger partial charge in [-0.15, -0.1) is 0 Å². The Morgan fingerprint density at radius 3 is 2.68 bits per heavy atom. The molecule has 2 rings (SSSR count). The summed E-state index contributed by atoms with van der Waals surface area (Å²) >= 11 is 0. The monoisotopic (exact) mass is 262 g/mol. The van der Waals surface area contributed by atoms with Crippen LogP contribution in [-0.2, 0) is 14.3 Å². The van der Waals surface area contributed by atoms with E-state index in [1.54, 1.807) is 0 Å². The summed E-state index contributed by atoms with van der Waals surface area (Å²) in [6.07, 6.45) is 7.51. The molecule has 19 heavy (non-hydrogen) atoms. The van der Waals surface area contributed by atoms with Crippen LogP contribution >= 0.6 is 0 Å². The van der Waals surface area contributed by atoms with Gasteiger partial charge in [0.15, 0.2) is 0 Å². The van der Waals surface area contributed by atoms with Gasteiger partial charge in [0, 0.05) is 24.8 Å². The van der Waals surface area contributed by atoms with E-state index in [2.05, 4.69) is 6.08 Å². The lowest BCUT2D eigenvalue weighted by Crippen LogP contribution is -2.26. The Balaban J connectivity index is 2.14. The normalized spacial score (nSPS) is 20.7. The summed E-state index contributed by atoms with van der Waals surface area (Å²) < 4.78 is 5.17. The second-order valence-electron chi connectivity index (χ2n) is 5.46. The Bertz CT molecular complexity index is 435. The van der Waals surface area contributed by atoms with E-state index in [0.29, 0.717) is 31.7 Å². The van der Waals surface area contributed by atoms with Crippen LogP contribution in [0.1, 0.15) is 52.4 Å². The second-order valence-corrected chi connectivity index (χ2v) is 5.46. The van der Waals surface area contributed by atoms with Crippen molar-refractivity contribution in [3.8, 4) is 0 Å². The maximum absolute atomic E-state index is 12.1. The van der Waals surface area contributed by atoms with Gasteiger partial charge < -0.3 is 4.74 Å². The summed E-state index contributed by atoms with van der Waals surface area (Å²) in [6.45, 7) is 4.21. The molecule has 1 saturated carbocycles. The molecule has 0 atom stereocenters. The average molecular weight is 262 g/mol. The molecule has 0 aromatic heterocycles. The summed E-state index contributed by atoms with van der Waals surface area (Å²) in [5.74, 6) is 0.355. The standard InChI is InChI=1S/C16H22O3/c1-3-19-16(18)15(8-12-6-4-5-7-12)11(2)13-9-14(17)10-13/h6,13H,3-5,7-10H2,1-2H3/b15-11+. The predicted molar refractivity (Wildman–Crippen MR) is 73.6 cm³/mol. The van der Waals surface area contributed by atoms with E-state index in [9.17, 15) is 9.59 Å².